The lowest BCUT2D eigenvalue weighted by Gasteiger charge is -2.06. The minimum absolute atomic E-state index is 0.221. The normalized spacial score (nSPS) is 16.6. The van der Waals surface area contributed by atoms with E-state index in [1.54, 1.807) is 6.92 Å². The van der Waals surface area contributed by atoms with Crippen LogP contribution >= 0.6 is 0 Å². The van der Waals surface area contributed by atoms with Gasteiger partial charge in [-0.3, -0.25) is 5.10 Å². The molecule has 0 spiro atoms. The Morgan fingerprint density at radius 2 is 2.25 bits per heavy atom. The van der Waals surface area contributed by atoms with Crippen molar-refractivity contribution in [3.8, 4) is 0 Å². The predicted molar refractivity (Wildman–Crippen MR) is 59.5 cm³/mol. The zero-order valence-corrected chi connectivity index (χ0v) is 9.97. The van der Waals surface area contributed by atoms with Crippen molar-refractivity contribution in [1.29, 1.82) is 0 Å². The molecule has 1 aliphatic rings. The Hall–Kier alpha value is -0.920. The Balaban J connectivity index is 1.85. The Morgan fingerprint density at radius 1 is 1.50 bits per heavy atom. The van der Waals surface area contributed by atoms with Crippen molar-refractivity contribution in [3.63, 3.8) is 0 Å². The van der Waals surface area contributed by atoms with Crippen LogP contribution in [0.1, 0.15) is 18.5 Å². The quantitative estimate of drug-likeness (QED) is 0.602. The summed E-state index contributed by atoms with van der Waals surface area (Å²) >= 11 is 0. The van der Waals surface area contributed by atoms with E-state index in [0.717, 1.165) is 0 Å². The van der Waals surface area contributed by atoms with Crippen LogP contribution in [0.3, 0.4) is 0 Å². The fourth-order valence-electron chi connectivity index (χ4n) is 1.44. The number of H-pyrrole nitrogens is 1. The molecular weight excluding hydrogens is 228 g/mol. The molecule has 1 aromatic heterocycles. The molecular formula is C9H16N4O2S. The molecule has 6 nitrogen and oxygen atoms in total. The van der Waals surface area contributed by atoms with E-state index in [-0.39, 0.29) is 4.90 Å². The summed E-state index contributed by atoms with van der Waals surface area (Å²) in [5.74, 6) is 0. The number of nitrogens with one attached hydrogen (secondary N) is 3. The first-order chi connectivity index (χ1) is 7.59. The van der Waals surface area contributed by atoms with Gasteiger partial charge in [-0.2, -0.15) is 5.10 Å². The zero-order chi connectivity index (χ0) is 11.6. The Morgan fingerprint density at radius 3 is 2.81 bits per heavy atom. The summed E-state index contributed by atoms with van der Waals surface area (Å²) in [7, 11) is -3.41. The number of hydrogen-bond donors (Lipinski definition) is 3. The van der Waals surface area contributed by atoms with E-state index in [9.17, 15) is 8.42 Å². The van der Waals surface area contributed by atoms with E-state index in [4.69, 9.17) is 0 Å². The number of aromatic amines is 1. The first kappa shape index (κ1) is 11.6. The van der Waals surface area contributed by atoms with E-state index in [2.05, 4.69) is 20.2 Å². The highest BCUT2D eigenvalue weighted by atomic mass is 32.2. The molecule has 2 rings (SSSR count). The lowest BCUT2D eigenvalue weighted by Crippen LogP contribution is -2.32. The second-order valence-corrected chi connectivity index (χ2v) is 5.72. The first-order valence-corrected chi connectivity index (χ1v) is 6.81. The summed E-state index contributed by atoms with van der Waals surface area (Å²) in [6.45, 7) is 2.76. The van der Waals surface area contributed by atoms with Crippen LogP contribution in [0.15, 0.2) is 11.1 Å². The molecule has 1 saturated carbocycles. The topological polar surface area (TPSA) is 86.9 Å². The molecule has 0 bridgehead atoms. The summed E-state index contributed by atoms with van der Waals surface area (Å²) in [5, 5.41) is 9.54. The van der Waals surface area contributed by atoms with Gasteiger partial charge in [0.2, 0.25) is 10.0 Å². The van der Waals surface area contributed by atoms with E-state index >= 15 is 0 Å². The maximum atomic E-state index is 11.8. The molecule has 0 unspecified atom stereocenters. The maximum absolute atomic E-state index is 11.8. The van der Waals surface area contributed by atoms with Gasteiger partial charge in [0.15, 0.2) is 0 Å². The van der Waals surface area contributed by atoms with Gasteiger partial charge in [0.1, 0.15) is 4.90 Å². The lowest BCUT2D eigenvalue weighted by molar-refractivity contribution is 0.575. The maximum Gasteiger partial charge on any atom is 0.243 e. The molecule has 0 saturated heterocycles. The van der Waals surface area contributed by atoms with E-state index in [1.807, 2.05) is 0 Å². The number of nitrogens with zero attached hydrogens (tertiary/aromatic N) is 1. The zero-order valence-electron chi connectivity index (χ0n) is 9.16. The Kier molecular flexibility index (Phi) is 3.27. The average molecular weight is 244 g/mol. The minimum atomic E-state index is -3.41. The third kappa shape index (κ3) is 2.81. The Bertz CT molecular complexity index is 450. The standard InChI is InChI=1S/C9H16N4O2S/c1-7-9(6-11-13-7)16(14,15)12-5-4-10-8-2-3-8/h6,8,10,12H,2-5H2,1H3,(H,11,13). The largest absolute Gasteiger partial charge is 0.313 e. The number of hydrogen-bond acceptors (Lipinski definition) is 4. The molecule has 1 aromatic rings. The van der Waals surface area contributed by atoms with Gasteiger partial charge in [-0.05, 0) is 19.8 Å². The SMILES string of the molecule is Cc1[nH]ncc1S(=O)(=O)NCCNC1CC1. The third-order valence-electron chi connectivity index (χ3n) is 2.50. The molecule has 0 aliphatic heterocycles. The smallest absolute Gasteiger partial charge is 0.243 e. The average Bonchev–Trinajstić information content (AvgIpc) is 2.94. The fourth-order valence-corrected chi connectivity index (χ4v) is 2.60. The van der Waals surface area contributed by atoms with Crippen LogP contribution < -0.4 is 10.0 Å². The molecule has 0 radical (unpaired) electrons. The van der Waals surface area contributed by atoms with Gasteiger partial charge in [-0.15, -0.1) is 0 Å². The van der Waals surface area contributed by atoms with Crippen molar-refractivity contribution < 1.29 is 8.42 Å². The van der Waals surface area contributed by atoms with Crippen molar-refractivity contribution in [2.75, 3.05) is 13.1 Å². The molecule has 1 fully saturated rings. The van der Waals surface area contributed by atoms with Crippen molar-refractivity contribution in [1.82, 2.24) is 20.2 Å². The van der Waals surface area contributed by atoms with E-state index in [1.165, 1.54) is 19.0 Å². The van der Waals surface area contributed by atoms with Gasteiger partial charge in [-0.1, -0.05) is 0 Å². The molecule has 1 heterocycles. The number of aromatic nitrogens is 2. The second kappa shape index (κ2) is 4.52. The lowest BCUT2D eigenvalue weighted by atomic mass is 10.5. The van der Waals surface area contributed by atoms with Crippen LogP contribution in [0.25, 0.3) is 0 Å². The van der Waals surface area contributed by atoms with Gasteiger partial charge >= 0.3 is 0 Å². The van der Waals surface area contributed by atoms with Crippen molar-refractivity contribution in [2.24, 2.45) is 0 Å². The Labute approximate surface area is 94.9 Å². The van der Waals surface area contributed by atoms with Gasteiger partial charge in [-0.25, -0.2) is 13.1 Å². The number of sulfonamides is 1. The molecule has 3 N–H and O–H groups in total. The minimum Gasteiger partial charge on any atom is -0.313 e. The van der Waals surface area contributed by atoms with Crippen molar-refractivity contribution in [3.05, 3.63) is 11.9 Å². The highest BCUT2D eigenvalue weighted by Gasteiger charge is 2.21. The van der Waals surface area contributed by atoms with Crippen LogP contribution in [0.5, 0.6) is 0 Å². The molecule has 1 aliphatic carbocycles. The van der Waals surface area contributed by atoms with Crippen molar-refractivity contribution in [2.45, 2.75) is 30.7 Å². The summed E-state index contributed by atoms with van der Waals surface area (Å²) in [6.07, 6.45) is 3.73. The summed E-state index contributed by atoms with van der Waals surface area (Å²) in [6, 6.07) is 0.597. The summed E-state index contributed by atoms with van der Waals surface area (Å²) < 4.78 is 26.1. The van der Waals surface area contributed by atoms with Gasteiger partial charge < -0.3 is 5.32 Å². The molecule has 16 heavy (non-hydrogen) atoms. The predicted octanol–water partition coefficient (Wildman–Crippen LogP) is -0.252. The van der Waals surface area contributed by atoms with E-state index in [0.29, 0.717) is 24.8 Å². The highest BCUT2D eigenvalue weighted by molar-refractivity contribution is 7.89. The third-order valence-corrected chi connectivity index (χ3v) is 4.08. The van der Waals surface area contributed by atoms with Crippen LogP contribution in [0.4, 0.5) is 0 Å². The van der Waals surface area contributed by atoms with E-state index < -0.39 is 10.0 Å². The van der Waals surface area contributed by atoms with Crippen LogP contribution in [-0.4, -0.2) is 37.7 Å². The fraction of sp³-hybridized carbons (Fsp3) is 0.667. The molecule has 0 amide bonds. The number of rotatable bonds is 6. The number of aryl methyl sites for hydroxylation is 1. The first-order valence-electron chi connectivity index (χ1n) is 5.32. The van der Waals surface area contributed by atoms with Crippen LogP contribution in [0.2, 0.25) is 0 Å². The molecule has 0 aromatic carbocycles. The van der Waals surface area contributed by atoms with Crippen LogP contribution in [0, 0.1) is 6.92 Å². The molecule has 90 valence electrons. The van der Waals surface area contributed by atoms with Crippen molar-refractivity contribution >= 4 is 10.0 Å². The molecule has 0 atom stereocenters. The summed E-state index contributed by atoms with van der Waals surface area (Å²) in [5.41, 5.74) is 0.558. The second-order valence-electron chi connectivity index (χ2n) is 3.99. The van der Waals surface area contributed by atoms with Gasteiger partial charge in [0, 0.05) is 19.1 Å². The summed E-state index contributed by atoms with van der Waals surface area (Å²) in [4.78, 5) is 0.221. The van der Waals surface area contributed by atoms with Gasteiger partial charge in [0.25, 0.3) is 0 Å². The van der Waals surface area contributed by atoms with Gasteiger partial charge in [0.05, 0.1) is 11.9 Å². The molecule has 7 heteroatoms. The monoisotopic (exact) mass is 244 g/mol. The van der Waals surface area contributed by atoms with Crippen LogP contribution in [-0.2, 0) is 10.0 Å². The highest BCUT2D eigenvalue weighted by Crippen LogP contribution is 2.17.